The average molecular weight is 1880 g/mol. The largest absolute Gasteiger partial charge is 0.507 e. The van der Waals surface area contributed by atoms with E-state index in [2.05, 4.69) is 119 Å². The van der Waals surface area contributed by atoms with Crippen molar-refractivity contribution in [1.82, 2.24) is 91.1 Å². The minimum absolute atomic E-state index is 0.00126. The van der Waals surface area contributed by atoms with E-state index in [1.807, 2.05) is 163 Å². The normalized spacial score (nSPS) is 10.6. The molecule has 16 aromatic rings. The van der Waals surface area contributed by atoms with E-state index >= 15 is 0 Å². The van der Waals surface area contributed by atoms with E-state index in [1.165, 1.54) is 17.0 Å². The Morgan fingerprint density at radius 3 is 1.22 bits per heavy atom. The maximum Gasteiger partial charge on any atom is 0.313 e. The van der Waals surface area contributed by atoms with E-state index in [9.17, 15) is 44.0 Å². The van der Waals surface area contributed by atoms with Gasteiger partial charge >= 0.3 is 35.8 Å². The summed E-state index contributed by atoms with van der Waals surface area (Å²) in [6.07, 6.45) is 5.45. The number of aromatic amines is 6. The number of thiophene rings is 1. The molecule has 0 fully saturated rings. The van der Waals surface area contributed by atoms with E-state index < -0.39 is 40.7 Å². The number of nitro groups is 1. The maximum atomic E-state index is 10.9. The number of aromatic hydroxyl groups is 1. The second-order valence-electron chi connectivity index (χ2n) is 25.2. The van der Waals surface area contributed by atoms with Crippen LogP contribution in [0.15, 0.2) is 241 Å². The van der Waals surface area contributed by atoms with Crippen molar-refractivity contribution in [1.29, 1.82) is 0 Å². The van der Waals surface area contributed by atoms with Gasteiger partial charge in [-0.05, 0) is 123 Å². The number of phenols is 1. The van der Waals surface area contributed by atoms with Crippen LogP contribution in [0.4, 0.5) is 5.69 Å². The van der Waals surface area contributed by atoms with E-state index in [0.717, 1.165) is 147 Å². The van der Waals surface area contributed by atoms with E-state index in [4.69, 9.17) is 41.8 Å². The van der Waals surface area contributed by atoms with Crippen LogP contribution in [-0.2, 0) is 28.8 Å². The van der Waals surface area contributed by atoms with Gasteiger partial charge in [0.15, 0.2) is 34.9 Å². The molecule has 16 rings (SSSR count). The summed E-state index contributed by atoms with van der Waals surface area (Å²) >= 11 is 11.3. The predicted octanol–water partition coefficient (Wildman–Crippen LogP) is 16.3. The first-order valence-corrected chi connectivity index (χ1v) is 43.6. The number of aryl methyl sites for hydroxylation is 1. The Balaban J connectivity index is 0.000000146. The fourth-order valence-corrected chi connectivity index (χ4v) is 15.0. The Bertz CT molecular complexity index is 6540. The molecule has 0 amide bonds. The zero-order valence-corrected chi connectivity index (χ0v) is 72.1. The fraction of sp³-hybridized carbons (Fsp3) is 0.0976. The second kappa shape index (κ2) is 45.2. The van der Waals surface area contributed by atoms with Gasteiger partial charge in [0.25, 0.3) is 5.69 Å². The highest BCUT2D eigenvalue weighted by Gasteiger charge is 2.19. The lowest BCUT2D eigenvalue weighted by atomic mass is 10.0. The van der Waals surface area contributed by atoms with Crippen molar-refractivity contribution >= 4 is 161 Å². The number of benzene rings is 9. The number of aliphatic carboxylic acids is 6. The molecule has 35 nitrogen and oxygen atoms in total. The lowest BCUT2D eigenvalue weighted by molar-refractivity contribution is -0.385. The van der Waals surface area contributed by atoms with Gasteiger partial charge in [-0.2, -0.15) is 0 Å². The number of thioether (sulfide) groups is 6. The molecule has 0 aliphatic carbocycles. The number of hydrogen-bond acceptors (Lipinski definition) is 29. The van der Waals surface area contributed by atoms with Crippen LogP contribution in [0.2, 0.25) is 0 Å². The van der Waals surface area contributed by atoms with E-state index in [1.54, 1.807) is 49.6 Å². The molecule has 9 aromatic carbocycles. The number of carbonyl (C=O) groups is 6. The standard InChI is InChI=1S/C18H13N3O2S.C15H13N3O3S.C14H11N3O2S2.C14H11N3O2S.C11H10N4O4S.C10H8BrN3O3S/c1-2-12-5-3-6-13(9-12)14-7-4-8-15(10-14)17-19-18(21-20-17)24-11-16(22)23;1-21-12-5-4-9-6-11(3-2-10(9)7-12)14-16-15(18-17-14)22-8-13(19)20;18-12(19)8-21-14-15-13(16-17-14)10-4-1-3-9(7-10)11-5-2-6-20-11;18-12(19)8-20-14-15-13(16-17-14)11-6-5-9-3-1-2-4-10(9)7-11;1-6-2-3-7(4-8(6)15(18)19)10-12-11(14-13-10)20-5-9(16)17;11-5-1-2-7(15)6(3-5)9-12-10(14-13-9)18-4-8(16)17/h1,3-10H,11H2,(H,22,23)(H,19,20,21);2-7H,8H2,1H3,(H,19,20)(H,16,17,18);1-7H,8H2,(H,18,19)(H,15,16,17);1-7H,8H2,(H,18,19)(H,15,16,17);2-4H,5H2,1H3,(H,16,17)(H,12,13,14);1-3,15H,4H2,(H,16,17)(H,12,13,14). The first-order valence-electron chi connectivity index (χ1n) is 36.0. The maximum absolute atomic E-state index is 10.9. The zero-order valence-electron chi connectivity index (χ0n) is 64.8. The molecular formula is C82H66BrN19O16S7. The van der Waals surface area contributed by atoms with Crippen LogP contribution in [0.3, 0.4) is 0 Å². The van der Waals surface area contributed by atoms with Gasteiger partial charge in [0.1, 0.15) is 11.5 Å². The van der Waals surface area contributed by atoms with E-state index in [0.29, 0.717) is 77.4 Å². The number of aromatic nitrogens is 18. The van der Waals surface area contributed by atoms with Crippen molar-refractivity contribution in [3.63, 3.8) is 0 Å². The summed E-state index contributed by atoms with van der Waals surface area (Å²) in [4.78, 5) is 100. The summed E-state index contributed by atoms with van der Waals surface area (Å²) in [5.74, 6) is 0.818. The molecule has 0 spiro atoms. The first kappa shape index (κ1) is 91.7. The smallest absolute Gasteiger partial charge is 0.313 e. The number of halogens is 1. The summed E-state index contributed by atoms with van der Waals surface area (Å²) in [6, 6.07) is 63.2. The Morgan fingerprint density at radius 1 is 0.416 bits per heavy atom. The number of nitrogens with one attached hydrogen (secondary N) is 6. The molecule has 0 aliphatic heterocycles. The van der Waals surface area contributed by atoms with Crippen LogP contribution >= 0.6 is 97.8 Å². The zero-order chi connectivity index (χ0) is 88.9. The van der Waals surface area contributed by atoms with Crippen LogP contribution in [0.1, 0.15) is 11.1 Å². The molecule has 0 radical (unpaired) electrons. The molecule has 7 heterocycles. The third-order valence-electron chi connectivity index (χ3n) is 16.4. The van der Waals surface area contributed by atoms with Crippen molar-refractivity contribution in [3.8, 4) is 114 Å². The van der Waals surface area contributed by atoms with Crippen molar-refractivity contribution in [2.45, 2.75) is 37.9 Å². The first-order chi connectivity index (χ1) is 60.3. The van der Waals surface area contributed by atoms with Crippen molar-refractivity contribution in [3.05, 3.63) is 231 Å². The Hall–Kier alpha value is -14.0. The third-order valence-corrected chi connectivity index (χ3v) is 22.8. The van der Waals surface area contributed by atoms with Crippen LogP contribution in [0, 0.1) is 29.4 Å². The highest BCUT2D eigenvalue weighted by Crippen LogP contribution is 2.35. The highest BCUT2D eigenvalue weighted by atomic mass is 79.9. The number of nitro benzene ring substituents is 1. The number of H-pyrrole nitrogens is 6. The molecule has 0 unspecified atom stereocenters. The molecule has 0 saturated heterocycles. The average Bonchev–Trinajstić information content (AvgIpc) is 1.67. The Labute approximate surface area is 745 Å². The molecule has 0 saturated carbocycles. The predicted molar refractivity (Wildman–Crippen MR) is 480 cm³/mol. The SMILES string of the molecule is C#Cc1cccc(-c2cccc(-c3nc(SCC(=O)O)n[nH]3)c2)c1.COc1ccc2cc(-c3nc(SCC(=O)O)n[nH]3)ccc2c1.Cc1ccc(-c2nc(SCC(=O)O)n[nH]2)cc1[N+](=O)[O-].O=C(O)CSc1n[nH]c(-c2cc(Br)ccc2O)n1.O=C(O)CSc1n[nH]c(-c2ccc3ccccc3c2)n1.O=C(O)CSc1n[nH]c(-c2cccc(-c3cccs3)c2)n1. The van der Waals surface area contributed by atoms with Gasteiger partial charge in [-0.3, -0.25) is 69.5 Å². The van der Waals surface area contributed by atoms with Crippen molar-refractivity contribution in [2.75, 3.05) is 41.6 Å². The number of methoxy groups -OCH3 is 1. The summed E-state index contributed by atoms with van der Waals surface area (Å²) in [5, 5.41) is 122. The highest BCUT2D eigenvalue weighted by molar-refractivity contribution is 9.10. The molecule has 634 valence electrons. The summed E-state index contributed by atoms with van der Waals surface area (Å²) < 4.78 is 6.01. The number of carboxylic acids is 6. The number of phenolic OH excluding ortho intramolecular Hbond substituents is 1. The van der Waals surface area contributed by atoms with Gasteiger partial charge in [-0.15, -0.1) is 48.4 Å². The Kier molecular flexibility index (Phi) is 33.2. The van der Waals surface area contributed by atoms with Crippen molar-refractivity contribution < 1.29 is 74.2 Å². The van der Waals surface area contributed by atoms with Crippen LogP contribution in [0.25, 0.3) is 111 Å². The number of terminal acetylenes is 1. The number of nitrogens with zero attached hydrogens (tertiary/aromatic N) is 13. The molecule has 0 atom stereocenters. The van der Waals surface area contributed by atoms with Gasteiger partial charge in [0, 0.05) is 54.4 Å². The second-order valence-corrected chi connectivity index (χ2v) is 32.7. The number of ether oxygens (including phenoxy) is 1. The molecule has 0 aliphatic rings. The number of fused-ring (bicyclic) bond motifs is 2. The summed E-state index contributed by atoms with van der Waals surface area (Å²) in [5.41, 5.74) is 9.18. The van der Waals surface area contributed by atoms with Crippen LogP contribution < -0.4 is 4.74 Å². The molecule has 125 heavy (non-hydrogen) atoms. The molecule has 13 N–H and O–H groups in total. The fourth-order valence-electron chi connectivity index (χ4n) is 10.8. The van der Waals surface area contributed by atoms with Gasteiger partial charge < -0.3 is 40.5 Å². The van der Waals surface area contributed by atoms with Gasteiger partial charge in [-0.25, -0.2) is 29.9 Å². The third kappa shape index (κ3) is 27.8. The molecule has 7 aromatic heterocycles. The topological polar surface area (TPSA) is 546 Å². The summed E-state index contributed by atoms with van der Waals surface area (Å²) in [7, 11) is 1.64. The lowest BCUT2D eigenvalue weighted by Gasteiger charge is -2.04. The molecule has 0 bridgehead atoms. The van der Waals surface area contributed by atoms with Gasteiger partial charge in [0.2, 0.25) is 30.9 Å². The number of rotatable bonds is 28. The van der Waals surface area contributed by atoms with Crippen LogP contribution in [-0.4, -0.2) is 209 Å². The number of hydrogen-bond donors (Lipinski definition) is 13. The minimum Gasteiger partial charge on any atom is -0.507 e. The molecular weight excluding hydrogens is 1810 g/mol. The lowest BCUT2D eigenvalue weighted by Crippen LogP contribution is -1.97. The Morgan fingerprint density at radius 2 is 0.784 bits per heavy atom. The number of carboxylic acid groups (broad SMARTS) is 6. The van der Waals surface area contributed by atoms with Gasteiger partial charge in [-0.1, -0.05) is 214 Å². The monoisotopic (exact) mass is 1880 g/mol. The van der Waals surface area contributed by atoms with Crippen LogP contribution in [0.5, 0.6) is 11.5 Å². The van der Waals surface area contributed by atoms with Crippen molar-refractivity contribution in [2.24, 2.45) is 0 Å². The molecule has 43 heteroatoms. The quantitative estimate of drug-likeness (QED) is 0.00937. The minimum atomic E-state index is -0.965. The summed E-state index contributed by atoms with van der Waals surface area (Å²) in [6.45, 7) is 1.65. The van der Waals surface area contributed by atoms with Gasteiger partial charge in [0.05, 0.1) is 52.1 Å². The van der Waals surface area contributed by atoms with E-state index in [-0.39, 0.29) is 51.1 Å².